The average Bonchev–Trinajstić information content (AvgIpc) is 1.65. The van der Waals surface area contributed by atoms with Gasteiger partial charge in [-0.25, -0.2) is 0 Å². The number of hydrogen-bond acceptors (Lipinski definition) is 0. The Morgan fingerprint density at radius 1 is 1.11 bits per heavy atom. The van der Waals surface area contributed by atoms with Gasteiger partial charge in [0.2, 0.25) is 0 Å². The molecule has 1 saturated carbocycles. The lowest BCUT2D eigenvalue weighted by Crippen LogP contribution is -2.18. The summed E-state index contributed by atoms with van der Waals surface area (Å²) in [5.41, 5.74) is 0. The smallest absolute Gasteiger partial charge is 0.0792 e. The zero-order valence-corrected chi connectivity index (χ0v) is 7.57. The highest BCUT2D eigenvalue weighted by Crippen LogP contribution is 2.35. The van der Waals surface area contributed by atoms with Crippen LogP contribution >= 0.6 is 22.6 Å². The average molecular weight is 250 g/mol. The summed E-state index contributed by atoms with van der Waals surface area (Å²) >= 11 is 2.59. The van der Waals surface area contributed by atoms with Gasteiger partial charge in [0.1, 0.15) is 0 Å². The molecule has 0 unspecified atom stereocenters. The normalized spacial score (nSPS) is 24.7. The lowest BCUT2D eigenvalue weighted by atomic mass is 9.91. The first-order valence-corrected chi connectivity index (χ1v) is 4.47. The van der Waals surface area contributed by atoms with Crippen LogP contribution in [0.1, 0.15) is 39.0 Å². The summed E-state index contributed by atoms with van der Waals surface area (Å²) in [7, 11) is 0. The molecule has 0 N–H and O–H groups in total. The fraction of sp³-hybridized carbons (Fsp3) is 1.00. The molecule has 0 atom stereocenters. The standard InChI is InChI=1S/C7H13I.Mg.2H/c1-7(8)5-3-2-4-6-7;;;/h2-6H2,1H3;;;. The Hall–Kier alpha value is 1.50. The lowest BCUT2D eigenvalue weighted by Gasteiger charge is -2.26. The van der Waals surface area contributed by atoms with Crippen LogP contribution in [0.3, 0.4) is 0 Å². The van der Waals surface area contributed by atoms with Crippen molar-refractivity contribution in [3.05, 3.63) is 0 Å². The SMILES string of the molecule is CC1(I)CCCCC1.[MgH2]. The summed E-state index contributed by atoms with van der Waals surface area (Å²) in [5.74, 6) is 0. The highest BCUT2D eigenvalue weighted by molar-refractivity contribution is 14.1. The van der Waals surface area contributed by atoms with E-state index in [1.54, 1.807) is 0 Å². The largest absolute Gasteiger partial charge is 0.316 e. The molecule has 2 heteroatoms. The van der Waals surface area contributed by atoms with Crippen molar-refractivity contribution in [2.45, 2.75) is 42.4 Å². The van der Waals surface area contributed by atoms with Crippen LogP contribution in [-0.4, -0.2) is 26.5 Å². The third-order valence-electron chi connectivity index (χ3n) is 1.90. The van der Waals surface area contributed by atoms with Gasteiger partial charge in [-0.1, -0.05) is 48.8 Å². The van der Waals surface area contributed by atoms with Gasteiger partial charge < -0.3 is 0 Å². The highest BCUT2D eigenvalue weighted by atomic mass is 127. The second kappa shape index (κ2) is 4.39. The van der Waals surface area contributed by atoms with Crippen molar-refractivity contribution in [1.29, 1.82) is 0 Å². The van der Waals surface area contributed by atoms with Crippen molar-refractivity contribution in [2.24, 2.45) is 0 Å². The zero-order valence-electron chi connectivity index (χ0n) is 5.41. The minimum atomic E-state index is 0. The minimum Gasteiger partial charge on any atom is -0.0792 e. The van der Waals surface area contributed by atoms with Crippen LogP contribution < -0.4 is 0 Å². The van der Waals surface area contributed by atoms with Crippen molar-refractivity contribution in [3.63, 3.8) is 0 Å². The van der Waals surface area contributed by atoms with Crippen molar-refractivity contribution >= 4 is 45.6 Å². The van der Waals surface area contributed by atoms with E-state index < -0.39 is 0 Å². The van der Waals surface area contributed by atoms with Crippen LogP contribution in [0, 0.1) is 0 Å². The first-order chi connectivity index (χ1) is 3.71. The Kier molecular flexibility index (Phi) is 5.12. The molecule has 0 aromatic carbocycles. The van der Waals surface area contributed by atoms with Gasteiger partial charge in [-0.2, -0.15) is 0 Å². The molecule has 0 aromatic heterocycles. The summed E-state index contributed by atoms with van der Waals surface area (Å²) in [5, 5.41) is 0. The molecule has 0 aromatic rings. The second-order valence-electron chi connectivity index (χ2n) is 2.97. The van der Waals surface area contributed by atoms with Crippen molar-refractivity contribution < 1.29 is 0 Å². The molecule has 1 rings (SSSR count). The number of rotatable bonds is 0. The topological polar surface area (TPSA) is 0 Å². The fourth-order valence-electron chi connectivity index (χ4n) is 1.29. The Balaban J connectivity index is 0.000000640. The Bertz CT molecular complexity index is 73.0. The molecule has 0 bridgehead atoms. The van der Waals surface area contributed by atoms with Gasteiger partial charge in [-0.05, 0) is 12.8 Å². The molecule has 0 saturated heterocycles. The molecule has 0 aliphatic heterocycles. The van der Waals surface area contributed by atoms with E-state index in [1.165, 1.54) is 32.1 Å². The van der Waals surface area contributed by atoms with E-state index in [0.29, 0.717) is 3.42 Å². The summed E-state index contributed by atoms with van der Waals surface area (Å²) in [6, 6.07) is 0. The monoisotopic (exact) mass is 250 g/mol. The molecule has 1 fully saturated rings. The van der Waals surface area contributed by atoms with Crippen LogP contribution in [-0.2, 0) is 0 Å². The maximum absolute atomic E-state index is 2.59. The van der Waals surface area contributed by atoms with Crippen molar-refractivity contribution in [1.82, 2.24) is 0 Å². The van der Waals surface area contributed by atoms with Crippen LogP contribution in [0.5, 0.6) is 0 Å². The predicted octanol–water partition coefficient (Wildman–Crippen LogP) is 2.23. The molecular weight excluding hydrogens is 235 g/mol. The van der Waals surface area contributed by atoms with E-state index in [1.807, 2.05) is 0 Å². The Labute approximate surface area is 87.5 Å². The second-order valence-corrected chi connectivity index (χ2v) is 5.58. The molecule has 0 amide bonds. The molecular formula is C7H15IMg. The van der Waals surface area contributed by atoms with E-state index in [9.17, 15) is 0 Å². The van der Waals surface area contributed by atoms with Crippen molar-refractivity contribution in [2.75, 3.05) is 0 Å². The van der Waals surface area contributed by atoms with E-state index in [-0.39, 0.29) is 23.1 Å². The van der Waals surface area contributed by atoms with Gasteiger partial charge in [-0.15, -0.1) is 0 Å². The van der Waals surface area contributed by atoms with Crippen molar-refractivity contribution in [3.8, 4) is 0 Å². The van der Waals surface area contributed by atoms with Gasteiger partial charge in [0, 0.05) is 3.42 Å². The van der Waals surface area contributed by atoms with Gasteiger partial charge in [-0.3, -0.25) is 0 Å². The lowest BCUT2D eigenvalue weighted by molar-refractivity contribution is 0.439. The van der Waals surface area contributed by atoms with Gasteiger partial charge in [0.25, 0.3) is 0 Å². The molecule has 9 heavy (non-hydrogen) atoms. The molecule has 1 aliphatic rings. The Morgan fingerprint density at radius 2 is 1.56 bits per heavy atom. The van der Waals surface area contributed by atoms with E-state index in [0.717, 1.165) is 0 Å². The van der Waals surface area contributed by atoms with Crippen LogP contribution in [0.2, 0.25) is 0 Å². The zero-order chi connectivity index (χ0) is 6.04. The molecule has 0 spiro atoms. The van der Waals surface area contributed by atoms with Gasteiger partial charge >= 0.3 is 23.1 Å². The molecule has 0 heterocycles. The summed E-state index contributed by atoms with van der Waals surface area (Å²) in [6.45, 7) is 2.37. The number of alkyl halides is 1. The fourth-order valence-corrected chi connectivity index (χ4v) is 2.05. The third kappa shape index (κ3) is 4.04. The summed E-state index contributed by atoms with van der Waals surface area (Å²) in [4.78, 5) is 0. The Morgan fingerprint density at radius 3 is 1.78 bits per heavy atom. The van der Waals surface area contributed by atoms with Crippen LogP contribution in [0.4, 0.5) is 0 Å². The van der Waals surface area contributed by atoms with Crippen LogP contribution in [0.15, 0.2) is 0 Å². The third-order valence-corrected chi connectivity index (χ3v) is 2.97. The van der Waals surface area contributed by atoms with E-state index >= 15 is 0 Å². The van der Waals surface area contributed by atoms with Gasteiger partial charge in [0.15, 0.2) is 0 Å². The summed E-state index contributed by atoms with van der Waals surface area (Å²) < 4.78 is 0.649. The molecule has 0 radical (unpaired) electrons. The first-order valence-electron chi connectivity index (χ1n) is 3.40. The molecule has 0 nitrogen and oxygen atoms in total. The van der Waals surface area contributed by atoms with E-state index in [4.69, 9.17) is 0 Å². The first kappa shape index (κ1) is 10.5. The summed E-state index contributed by atoms with van der Waals surface area (Å²) in [6.07, 6.45) is 7.26. The molecule has 1 aliphatic carbocycles. The number of hydrogen-bond donors (Lipinski definition) is 0. The predicted molar refractivity (Wildman–Crippen MR) is 54.1 cm³/mol. The van der Waals surface area contributed by atoms with E-state index in [2.05, 4.69) is 29.5 Å². The maximum Gasteiger partial charge on any atom is 0.316 e. The minimum absolute atomic E-state index is 0. The number of halogens is 1. The quantitative estimate of drug-likeness (QED) is 0.351. The highest BCUT2D eigenvalue weighted by Gasteiger charge is 2.21. The molecule has 52 valence electrons. The van der Waals surface area contributed by atoms with Crippen LogP contribution in [0.25, 0.3) is 0 Å². The van der Waals surface area contributed by atoms with Gasteiger partial charge in [0.05, 0.1) is 0 Å². The maximum atomic E-state index is 2.59.